The predicted molar refractivity (Wildman–Crippen MR) is 138 cm³/mol. The summed E-state index contributed by atoms with van der Waals surface area (Å²) in [4.78, 5) is 4.00. The summed E-state index contributed by atoms with van der Waals surface area (Å²) < 4.78 is 50.4. The predicted octanol–water partition coefficient (Wildman–Crippen LogP) is 6.81. The van der Waals surface area contributed by atoms with Gasteiger partial charge >= 0.3 is 15.2 Å². The molecule has 33 heavy (non-hydrogen) atoms. The Hall–Kier alpha value is 0.220. The summed E-state index contributed by atoms with van der Waals surface area (Å²) in [7, 11) is -2.70. The Balaban J connectivity index is 5.50. The quantitative estimate of drug-likeness (QED) is 0.103. The molecule has 200 valence electrons. The van der Waals surface area contributed by atoms with E-state index in [1.807, 2.05) is 19.0 Å². The molecule has 0 atom stereocenters. The van der Waals surface area contributed by atoms with Crippen LogP contribution < -0.4 is 0 Å². The fraction of sp³-hybridized carbons (Fsp3) is 1.00. The third kappa shape index (κ3) is 18.2. The van der Waals surface area contributed by atoms with Crippen LogP contribution in [0.5, 0.6) is 0 Å². The monoisotopic (exact) mass is 514 g/mol. The van der Waals surface area contributed by atoms with E-state index in [0.717, 1.165) is 64.3 Å². The van der Waals surface area contributed by atoms with Gasteiger partial charge in [-0.25, -0.2) is 0 Å². The molecule has 8 nitrogen and oxygen atoms in total. The van der Waals surface area contributed by atoms with Gasteiger partial charge in [0, 0.05) is 6.54 Å². The average molecular weight is 515 g/mol. The lowest BCUT2D eigenvalue weighted by molar-refractivity contribution is 0.167. The number of nitrogens with zero attached hydrogens (tertiary/aromatic N) is 2. The van der Waals surface area contributed by atoms with Crippen LogP contribution in [-0.4, -0.2) is 76.0 Å². The van der Waals surface area contributed by atoms with E-state index in [4.69, 9.17) is 18.1 Å². The topological polar surface area (TPSA) is 77.5 Å². The third-order valence-electron chi connectivity index (χ3n) is 4.97. The van der Waals surface area contributed by atoms with Crippen LogP contribution >= 0.6 is 15.2 Å². The molecule has 0 aromatic rings. The van der Waals surface area contributed by atoms with Gasteiger partial charge in [0.05, 0.1) is 26.4 Å². The molecule has 0 heterocycles. The maximum absolute atomic E-state index is 13.6. The van der Waals surface area contributed by atoms with Crippen molar-refractivity contribution in [2.45, 2.75) is 85.5 Å². The van der Waals surface area contributed by atoms with Crippen molar-refractivity contribution in [2.24, 2.45) is 0 Å². The number of hydrogen-bond donors (Lipinski definition) is 0. The first-order valence-corrected chi connectivity index (χ1v) is 16.3. The van der Waals surface area contributed by atoms with E-state index in [2.05, 4.69) is 32.6 Å². The van der Waals surface area contributed by atoms with Crippen molar-refractivity contribution < 1.29 is 27.2 Å². The normalized spacial score (nSPS) is 12.8. The van der Waals surface area contributed by atoms with Crippen molar-refractivity contribution in [1.82, 2.24) is 9.80 Å². The van der Waals surface area contributed by atoms with Gasteiger partial charge in [-0.05, 0) is 52.7 Å². The van der Waals surface area contributed by atoms with Crippen LogP contribution in [0.15, 0.2) is 0 Å². The number of unbranched alkanes of at least 4 members (excludes halogenated alkanes) is 4. The highest BCUT2D eigenvalue weighted by Crippen LogP contribution is 2.53. The van der Waals surface area contributed by atoms with Gasteiger partial charge in [-0.2, -0.15) is 0 Å². The van der Waals surface area contributed by atoms with Crippen molar-refractivity contribution in [3.8, 4) is 0 Å². The van der Waals surface area contributed by atoms with E-state index in [-0.39, 0.29) is 12.6 Å². The van der Waals surface area contributed by atoms with E-state index in [1.54, 1.807) is 0 Å². The maximum atomic E-state index is 13.6. The van der Waals surface area contributed by atoms with Crippen LogP contribution in [-0.2, 0) is 27.2 Å². The summed E-state index contributed by atoms with van der Waals surface area (Å²) in [5.74, 6) is 0. The Kier molecular flexibility index (Phi) is 20.6. The van der Waals surface area contributed by atoms with Gasteiger partial charge < -0.3 is 23.0 Å². The fourth-order valence-electron chi connectivity index (χ4n) is 2.92. The Bertz CT molecular complexity index is 483. The molecule has 0 saturated heterocycles. The fourth-order valence-corrected chi connectivity index (χ4v) is 6.64. The Labute approximate surface area is 204 Å². The van der Waals surface area contributed by atoms with Crippen LogP contribution in [0.3, 0.4) is 0 Å². The Morgan fingerprint density at radius 1 is 0.545 bits per heavy atom. The van der Waals surface area contributed by atoms with Crippen molar-refractivity contribution in [3.63, 3.8) is 0 Å². The highest BCUT2D eigenvalue weighted by Gasteiger charge is 2.34. The molecule has 0 aliphatic rings. The van der Waals surface area contributed by atoms with Crippen LogP contribution in [0.1, 0.15) is 85.5 Å². The molecule has 0 spiro atoms. The molecule has 0 saturated carbocycles. The lowest BCUT2D eigenvalue weighted by Gasteiger charge is -2.30. The van der Waals surface area contributed by atoms with Gasteiger partial charge in [0.15, 0.2) is 0 Å². The summed E-state index contributed by atoms with van der Waals surface area (Å²) in [6.07, 6.45) is 8.10. The van der Waals surface area contributed by atoms with Crippen LogP contribution in [0.25, 0.3) is 0 Å². The first-order chi connectivity index (χ1) is 15.7. The van der Waals surface area contributed by atoms with Crippen LogP contribution in [0.2, 0.25) is 0 Å². The highest BCUT2D eigenvalue weighted by molar-refractivity contribution is 7.54. The second-order valence-corrected chi connectivity index (χ2v) is 12.8. The second-order valence-electron chi connectivity index (χ2n) is 8.80. The lowest BCUT2D eigenvalue weighted by atomic mass is 10.4. The molecule has 0 aromatic heterocycles. The molecule has 0 amide bonds. The standard InChI is InChI=1S/C23H52N2O6P2/c1-7-11-18-28-32(26,29-19-12-8-2)22-25(17-15-16-24(5)6)23-33(27,30-20-13-9-3)31-21-14-10-4/h7-23H2,1-6H3. The second kappa shape index (κ2) is 20.4. The Morgan fingerprint density at radius 3 is 1.15 bits per heavy atom. The van der Waals surface area contributed by atoms with Crippen molar-refractivity contribution in [2.75, 3.05) is 66.2 Å². The summed E-state index contributed by atoms with van der Waals surface area (Å²) in [5, 5.41) is 0. The molecule has 0 unspecified atom stereocenters. The average Bonchev–Trinajstić information content (AvgIpc) is 2.74. The zero-order chi connectivity index (χ0) is 25.0. The summed E-state index contributed by atoms with van der Waals surface area (Å²) in [6, 6.07) is 0. The summed E-state index contributed by atoms with van der Waals surface area (Å²) in [6.45, 7) is 11.3. The van der Waals surface area contributed by atoms with Crippen molar-refractivity contribution in [1.29, 1.82) is 0 Å². The number of rotatable bonds is 24. The molecule has 0 bridgehead atoms. The molecule has 0 fully saturated rings. The first-order valence-electron chi connectivity index (χ1n) is 12.9. The Morgan fingerprint density at radius 2 is 0.879 bits per heavy atom. The van der Waals surface area contributed by atoms with Gasteiger partial charge in [0.25, 0.3) is 0 Å². The van der Waals surface area contributed by atoms with E-state index < -0.39 is 15.2 Å². The molecule has 0 aliphatic carbocycles. The van der Waals surface area contributed by atoms with E-state index >= 15 is 0 Å². The zero-order valence-corrected chi connectivity index (χ0v) is 24.0. The van der Waals surface area contributed by atoms with Gasteiger partial charge in [0.2, 0.25) is 0 Å². The number of hydrogen-bond acceptors (Lipinski definition) is 8. The molecule has 10 heteroatoms. The largest absolute Gasteiger partial charge is 0.344 e. The molecular formula is C23H52N2O6P2. The van der Waals surface area contributed by atoms with Gasteiger partial charge in [-0.1, -0.05) is 53.4 Å². The molecule has 0 N–H and O–H groups in total. The first kappa shape index (κ1) is 33.2. The van der Waals surface area contributed by atoms with Gasteiger partial charge in [-0.3, -0.25) is 14.0 Å². The lowest BCUT2D eigenvalue weighted by Crippen LogP contribution is -2.31. The molecular weight excluding hydrogens is 462 g/mol. The third-order valence-corrected chi connectivity index (χ3v) is 8.77. The minimum atomic E-state index is -3.37. The van der Waals surface area contributed by atoms with Crippen LogP contribution in [0.4, 0.5) is 0 Å². The SMILES string of the molecule is CCCCOP(=O)(CN(CCCN(C)C)CP(=O)(OCCCC)OCCCC)OCCCC. The van der Waals surface area contributed by atoms with Crippen LogP contribution in [0, 0.1) is 0 Å². The van der Waals surface area contributed by atoms with Gasteiger partial charge in [-0.15, -0.1) is 0 Å². The zero-order valence-electron chi connectivity index (χ0n) is 22.3. The minimum Gasteiger partial charge on any atom is -0.309 e. The summed E-state index contributed by atoms with van der Waals surface area (Å²) >= 11 is 0. The smallest absolute Gasteiger partial charge is 0.309 e. The van der Waals surface area contributed by atoms with Crippen molar-refractivity contribution >= 4 is 15.2 Å². The highest BCUT2D eigenvalue weighted by atomic mass is 31.2. The van der Waals surface area contributed by atoms with Crippen molar-refractivity contribution in [3.05, 3.63) is 0 Å². The molecule has 0 radical (unpaired) electrons. The van der Waals surface area contributed by atoms with Gasteiger partial charge in [0.1, 0.15) is 12.6 Å². The minimum absolute atomic E-state index is 0.0894. The van der Waals surface area contributed by atoms with E-state index in [1.165, 1.54) is 0 Å². The summed E-state index contributed by atoms with van der Waals surface area (Å²) in [5.41, 5.74) is 0. The van der Waals surface area contributed by atoms with E-state index in [0.29, 0.717) is 33.0 Å². The van der Waals surface area contributed by atoms with E-state index in [9.17, 15) is 9.13 Å². The molecule has 0 aliphatic heterocycles. The molecule has 0 aromatic carbocycles. The maximum Gasteiger partial charge on any atom is 0.344 e. The molecule has 0 rings (SSSR count).